The third kappa shape index (κ3) is 3.40. The van der Waals surface area contributed by atoms with Crippen molar-refractivity contribution in [3.05, 3.63) is 83.8 Å². The van der Waals surface area contributed by atoms with Crippen LogP contribution in [-0.2, 0) is 13.6 Å². The van der Waals surface area contributed by atoms with Gasteiger partial charge in [0.1, 0.15) is 12.4 Å². The van der Waals surface area contributed by atoms with Crippen molar-refractivity contribution in [3.8, 4) is 0 Å². The van der Waals surface area contributed by atoms with Gasteiger partial charge in [0.15, 0.2) is 5.65 Å². The summed E-state index contributed by atoms with van der Waals surface area (Å²) in [7, 11) is 1.96. The van der Waals surface area contributed by atoms with Gasteiger partial charge < -0.3 is 10.1 Å². The van der Waals surface area contributed by atoms with Gasteiger partial charge in [0.05, 0.1) is 35.7 Å². The Bertz CT molecular complexity index is 1790. The van der Waals surface area contributed by atoms with Crippen molar-refractivity contribution >= 4 is 49.9 Å². The maximum Gasteiger partial charge on any atom is 0.265 e. The first kappa shape index (κ1) is 20.2. The van der Waals surface area contributed by atoms with Gasteiger partial charge >= 0.3 is 0 Å². The molecule has 0 aliphatic rings. The van der Waals surface area contributed by atoms with Crippen LogP contribution in [0.2, 0.25) is 0 Å². The molecule has 0 saturated heterocycles. The van der Waals surface area contributed by atoms with E-state index in [0.29, 0.717) is 35.1 Å². The number of hydrogen-bond donors (Lipinski definition) is 1. The number of rotatable bonds is 5. The van der Waals surface area contributed by atoms with E-state index in [9.17, 15) is 9.90 Å². The number of aromatic nitrogens is 5. The van der Waals surface area contributed by atoms with Gasteiger partial charge in [0, 0.05) is 22.5 Å². The molecule has 6 aromatic rings. The maximum atomic E-state index is 13.3. The predicted octanol–water partition coefficient (Wildman–Crippen LogP) is 2.98. The van der Waals surface area contributed by atoms with Crippen molar-refractivity contribution in [1.29, 1.82) is 0 Å². The van der Waals surface area contributed by atoms with E-state index in [1.165, 1.54) is 0 Å². The van der Waals surface area contributed by atoms with Crippen LogP contribution in [0.5, 0.6) is 0 Å². The molecule has 168 valence electrons. The Morgan fingerprint density at radius 2 is 2.00 bits per heavy atom. The highest BCUT2D eigenvalue weighted by Gasteiger charge is 2.12. The molecule has 8 nitrogen and oxygen atoms in total. The topological polar surface area (TPSA) is 94.4 Å². The van der Waals surface area contributed by atoms with Gasteiger partial charge in [0.2, 0.25) is 6.33 Å². The first-order valence-electron chi connectivity index (χ1n) is 11.2. The molecule has 0 atom stereocenters. The van der Waals surface area contributed by atoms with E-state index in [2.05, 4.69) is 9.98 Å². The number of aliphatic imine (C=N–C) groups is 1. The largest absolute Gasteiger partial charge is 0.862 e. The first-order chi connectivity index (χ1) is 16.6. The predicted molar refractivity (Wildman–Crippen MR) is 130 cm³/mol. The van der Waals surface area contributed by atoms with E-state index in [0.717, 1.165) is 28.4 Å². The molecular formula is C26H22N6O2. The van der Waals surface area contributed by atoms with Crippen molar-refractivity contribution in [2.45, 2.75) is 19.4 Å². The molecule has 8 heteroatoms. The van der Waals surface area contributed by atoms with Gasteiger partial charge in [0.25, 0.3) is 5.56 Å². The summed E-state index contributed by atoms with van der Waals surface area (Å²) in [6.07, 6.45) is 8.69. The Morgan fingerprint density at radius 3 is 2.85 bits per heavy atom. The molecule has 4 aromatic heterocycles. The van der Waals surface area contributed by atoms with Gasteiger partial charge in [-0.15, -0.1) is 0 Å². The summed E-state index contributed by atoms with van der Waals surface area (Å²) in [6.45, 7) is 0.749. The smallest absolute Gasteiger partial charge is 0.265 e. The lowest BCUT2D eigenvalue weighted by molar-refractivity contribution is -0.671. The average Bonchev–Trinajstić information content (AvgIpc) is 3.43. The van der Waals surface area contributed by atoms with Crippen molar-refractivity contribution in [1.82, 2.24) is 18.9 Å². The summed E-state index contributed by atoms with van der Waals surface area (Å²) < 4.78 is 5.54. The van der Waals surface area contributed by atoms with E-state index in [-0.39, 0.29) is 11.5 Å². The number of aryl methyl sites for hydroxylation is 2. The van der Waals surface area contributed by atoms with E-state index >= 15 is 0 Å². The molecule has 4 heterocycles. The first-order valence-corrected chi connectivity index (χ1v) is 11.2. The zero-order chi connectivity index (χ0) is 23.2. The van der Waals surface area contributed by atoms with Gasteiger partial charge in [-0.2, -0.15) is 0 Å². The third-order valence-electron chi connectivity index (χ3n) is 6.13. The molecule has 1 N–H and O–H groups in total. The molecule has 0 amide bonds. The highest BCUT2D eigenvalue weighted by atomic mass is 16.3. The van der Waals surface area contributed by atoms with Crippen LogP contribution in [0.15, 0.2) is 83.2 Å². The molecule has 0 unspecified atom stereocenters. The molecule has 0 aliphatic heterocycles. The van der Waals surface area contributed by atoms with Gasteiger partial charge in [-0.05, 0) is 49.1 Å². The standard InChI is InChI=1S/C26H22N6O2/c1-30-13-14-31(16-30)11-4-7-23(33)27-17-8-9-22-20(15-17)26(34)32-12-10-19-18-5-2-3-6-21(18)28-24(19)25(32)29-22/h2-3,5-6,8-10,12-16H,4,7,11H2,1H3,(H-,27,28,29,33,34). The Hall–Kier alpha value is -4.46. The highest BCUT2D eigenvalue weighted by Crippen LogP contribution is 2.28. The van der Waals surface area contributed by atoms with Crippen molar-refractivity contribution in [2.24, 2.45) is 12.0 Å². The van der Waals surface area contributed by atoms with Crippen molar-refractivity contribution in [3.63, 3.8) is 0 Å². The lowest BCUT2D eigenvalue weighted by atomic mass is 10.2. The Balaban J connectivity index is 1.35. The highest BCUT2D eigenvalue weighted by molar-refractivity contribution is 6.11. The summed E-state index contributed by atoms with van der Waals surface area (Å²) in [6, 6.07) is 15.1. The van der Waals surface area contributed by atoms with Crippen molar-refractivity contribution in [2.75, 3.05) is 0 Å². The monoisotopic (exact) mass is 450 g/mol. The lowest BCUT2D eigenvalue weighted by Crippen LogP contribution is -2.24. The number of para-hydroxylation sites is 1. The van der Waals surface area contributed by atoms with Crippen LogP contribution >= 0.6 is 0 Å². The Labute approximate surface area is 194 Å². The molecular weight excluding hydrogens is 428 g/mol. The zero-order valence-electron chi connectivity index (χ0n) is 18.6. The second-order valence-corrected chi connectivity index (χ2v) is 8.51. The fourth-order valence-corrected chi connectivity index (χ4v) is 4.48. The van der Waals surface area contributed by atoms with Crippen LogP contribution in [0.25, 0.3) is 38.4 Å². The zero-order valence-corrected chi connectivity index (χ0v) is 18.6. The van der Waals surface area contributed by atoms with Gasteiger partial charge in [-0.3, -0.25) is 14.2 Å². The molecule has 6 rings (SSSR count). The normalized spacial score (nSPS) is 12.4. The minimum absolute atomic E-state index is 0.189. The molecule has 0 aliphatic carbocycles. The summed E-state index contributed by atoms with van der Waals surface area (Å²) >= 11 is 0. The summed E-state index contributed by atoms with van der Waals surface area (Å²) in [5.41, 5.74) is 3.25. The van der Waals surface area contributed by atoms with Crippen molar-refractivity contribution < 1.29 is 9.67 Å². The fourth-order valence-electron chi connectivity index (χ4n) is 4.48. The van der Waals surface area contributed by atoms with Crippen LogP contribution in [0.3, 0.4) is 0 Å². The van der Waals surface area contributed by atoms with E-state index in [4.69, 9.17) is 4.98 Å². The second-order valence-electron chi connectivity index (χ2n) is 8.51. The summed E-state index contributed by atoms with van der Waals surface area (Å²) in [4.78, 5) is 25.7. The number of imidazole rings is 1. The lowest BCUT2D eigenvalue weighted by Gasteiger charge is -2.10. The number of hydrogen-bond acceptors (Lipinski definition) is 4. The third-order valence-corrected chi connectivity index (χ3v) is 6.13. The fraction of sp³-hybridized carbons (Fsp3) is 0.154. The second kappa shape index (κ2) is 7.84. The number of H-pyrrole nitrogens is 1. The van der Waals surface area contributed by atoms with Crippen LogP contribution < -0.4 is 15.2 Å². The van der Waals surface area contributed by atoms with Crippen LogP contribution in [0, 0.1) is 0 Å². The SMILES string of the molecule is C[n+]1ccn(CCCC([O-])=Nc2ccc3nc4c5[nH]c6ccccc6c5ccn4c(=O)c3c2)c1. The van der Waals surface area contributed by atoms with Crippen LogP contribution in [0.1, 0.15) is 12.8 Å². The minimum Gasteiger partial charge on any atom is -0.862 e. The average molecular weight is 451 g/mol. The molecule has 2 aromatic carbocycles. The molecule has 0 fully saturated rings. The summed E-state index contributed by atoms with van der Waals surface area (Å²) in [5.74, 6) is -0.204. The Morgan fingerprint density at radius 1 is 1.12 bits per heavy atom. The molecule has 34 heavy (non-hydrogen) atoms. The van der Waals surface area contributed by atoms with Gasteiger partial charge in [-0.25, -0.2) is 14.1 Å². The maximum absolute atomic E-state index is 13.3. The number of nitrogens with one attached hydrogen (secondary N) is 1. The molecule has 0 saturated carbocycles. The van der Waals surface area contributed by atoms with E-state index < -0.39 is 0 Å². The number of fused-ring (bicyclic) bond motifs is 6. The number of nitrogens with zero attached hydrogens (tertiary/aromatic N) is 5. The Kier molecular flexibility index (Phi) is 4.65. The quantitative estimate of drug-likeness (QED) is 0.189. The summed E-state index contributed by atoms with van der Waals surface area (Å²) in [5, 5.41) is 14.9. The van der Waals surface area contributed by atoms with Crippen LogP contribution in [0.4, 0.5) is 5.69 Å². The van der Waals surface area contributed by atoms with E-state index in [1.54, 1.807) is 28.8 Å². The number of benzene rings is 2. The van der Waals surface area contributed by atoms with Crippen LogP contribution in [-0.4, -0.2) is 24.8 Å². The number of aromatic amines is 1. The minimum atomic E-state index is -0.204. The molecule has 0 radical (unpaired) electrons. The molecule has 0 spiro atoms. The van der Waals surface area contributed by atoms with E-state index in [1.807, 2.05) is 65.2 Å². The molecule has 0 bridgehead atoms. The number of pyridine rings is 1. The van der Waals surface area contributed by atoms with Gasteiger partial charge in [-0.1, -0.05) is 18.2 Å².